The van der Waals surface area contributed by atoms with Gasteiger partial charge in [-0.25, -0.2) is 4.79 Å². The van der Waals surface area contributed by atoms with Crippen LogP contribution in [0.2, 0.25) is 0 Å². The number of aryl methyl sites for hydroxylation is 1. The molecule has 4 heteroatoms. The van der Waals surface area contributed by atoms with Crippen LogP contribution in [0, 0.1) is 0 Å². The zero-order chi connectivity index (χ0) is 16.7. The van der Waals surface area contributed by atoms with E-state index in [0.717, 1.165) is 43.1 Å². The second-order valence-corrected chi connectivity index (χ2v) is 7.03. The molecule has 0 radical (unpaired) electrons. The van der Waals surface area contributed by atoms with Crippen molar-refractivity contribution in [3.63, 3.8) is 0 Å². The molecule has 2 heterocycles. The molecule has 1 aromatic heterocycles. The molecule has 2 aromatic rings. The van der Waals surface area contributed by atoms with Crippen LogP contribution in [0.5, 0.6) is 0 Å². The number of fused-ring (bicyclic) bond motifs is 2. The number of carboxylic acids is 1. The van der Waals surface area contributed by atoms with Gasteiger partial charge in [0.25, 0.3) is 0 Å². The van der Waals surface area contributed by atoms with Crippen LogP contribution in [-0.2, 0) is 12.8 Å². The molecule has 4 rings (SSSR count). The van der Waals surface area contributed by atoms with Crippen molar-refractivity contribution >= 4 is 22.6 Å². The lowest BCUT2D eigenvalue weighted by Crippen LogP contribution is -2.40. The Balaban J connectivity index is 1.96. The Kier molecular flexibility index (Phi) is 3.91. The molecule has 126 valence electrons. The molecular formula is C20H24N2O2. The highest BCUT2D eigenvalue weighted by atomic mass is 16.4. The van der Waals surface area contributed by atoms with E-state index < -0.39 is 5.97 Å². The number of carbonyl (C=O) groups is 1. The number of piperidine rings is 1. The number of aromatic nitrogens is 1. The molecule has 1 fully saturated rings. The van der Waals surface area contributed by atoms with E-state index in [2.05, 4.69) is 11.8 Å². The molecule has 1 saturated heterocycles. The summed E-state index contributed by atoms with van der Waals surface area (Å²) in [6.45, 7) is 3.33. The Bertz CT molecular complexity index is 800. The highest BCUT2D eigenvalue weighted by Gasteiger charge is 2.28. The third-order valence-corrected chi connectivity index (χ3v) is 5.61. The van der Waals surface area contributed by atoms with Crippen molar-refractivity contribution in [3.05, 3.63) is 35.0 Å². The summed E-state index contributed by atoms with van der Waals surface area (Å²) in [5, 5.41) is 10.4. The van der Waals surface area contributed by atoms with Crippen LogP contribution < -0.4 is 4.90 Å². The minimum Gasteiger partial charge on any atom is -0.478 e. The van der Waals surface area contributed by atoms with E-state index in [-0.39, 0.29) is 0 Å². The molecule has 0 saturated carbocycles. The summed E-state index contributed by atoms with van der Waals surface area (Å²) < 4.78 is 0. The highest BCUT2D eigenvalue weighted by molar-refractivity contribution is 6.00. The van der Waals surface area contributed by atoms with Crippen molar-refractivity contribution in [2.24, 2.45) is 0 Å². The molecule has 4 nitrogen and oxygen atoms in total. The van der Waals surface area contributed by atoms with Gasteiger partial charge in [0.05, 0.1) is 16.8 Å². The lowest BCUT2D eigenvalue weighted by Gasteiger charge is -2.39. The monoisotopic (exact) mass is 324 g/mol. The number of carboxylic acid groups (broad SMARTS) is 1. The van der Waals surface area contributed by atoms with Crippen molar-refractivity contribution in [1.82, 2.24) is 4.98 Å². The Morgan fingerprint density at radius 2 is 2.17 bits per heavy atom. The van der Waals surface area contributed by atoms with Crippen molar-refractivity contribution in [1.29, 1.82) is 0 Å². The summed E-state index contributed by atoms with van der Waals surface area (Å²) in [5.41, 5.74) is 5.16. The molecule has 1 aromatic carbocycles. The second-order valence-electron chi connectivity index (χ2n) is 7.03. The Hall–Kier alpha value is -2.10. The number of anilines is 1. The standard InChI is InChI=1S/C20H24N2O2/c1-2-14-6-3-4-11-22(14)19-15-7-5-8-17(15)21-18-10-9-13(20(23)24)12-16(18)19/h9-10,12,14H,2-8,11H2,1H3,(H,23,24)/t14-/m0/s1. The van der Waals surface area contributed by atoms with E-state index in [0.29, 0.717) is 11.6 Å². The fourth-order valence-electron chi connectivity index (χ4n) is 4.42. The second kappa shape index (κ2) is 6.08. The van der Waals surface area contributed by atoms with E-state index in [1.807, 2.05) is 12.1 Å². The number of hydrogen-bond donors (Lipinski definition) is 1. The van der Waals surface area contributed by atoms with Gasteiger partial charge < -0.3 is 10.0 Å². The highest BCUT2D eigenvalue weighted by Crippen LogP contribution is 2.40. The molecule has 1 atom stereocenters. The molecule has 0 bridgehead atoms. The first-order valence-corrected chi connectivity index (χ1v) is 9.14. The van der Waals surface area contributed by atoms with E-state index >= 15 is 0 Å². The maximum atomic E-state index is 11.5. The van der Waals surface area contributed by atoms with Gasteiger partial charge in [0.1, 0.15) is 0 Å². The van der Waals surface area contributed by atoms with Crippen LogP contribution in [0.3, 0.4) is 0 Å². The molecule has 1 aliphatic heterocycles. The third kappa shape index (κ3) is 2.45. The number of rotatable bonds is 3. The molecule has 0 amide bonds. The van der Waals surface area contributed by atoms with Gasteiger partial charge in [-0.3, -0.25) is 4.98 Å². The van der Waals surface area contributed by atoms with Crippen LogP contribution in [0.25, 0.3) is 10.9 Å². The van der Waals surface area contributed by atoms with Crippen LogP contribution >= 0.6 is 0 Å². The van der Waals surface area contributed by atoms with Crippen molar-refractivity contribution in [2.75, 3.05) is 11.4 Å². The zero-order valence-electron chi connectivity index (χ0n) is 14.2. The van der Waals surface area contributed by atoms with Crippen LogP contribution in [0.15, 0.2) is 18.2 Å². The number of aromatic carboxylic acids is 1. The largest absolute Gasteiger partial charge is 0.478 e. The predicted octanol–water partition coefficient (Wildman–Crippen LogP) is 4.19. The average molecular weight is 324 g/mol. The zero-order valence-corrected chi connectivity index (χ0v) is 14.2. The first-order valence-electron chi connectivity index (χ1n) is 9.14. The number of pyridine rings is 1. The van der Waals surface area contributed by atoms with E-state index in [1.165, 1.54) is 36.2 Å². The fourth-order valence-corrected chi connectivity index (χ4v) is 4.42. The van der Waals surface area contributed by atoms with Gasteiger partial charge in [-0.05, 0) is 68.7 Å². The Labute approximate surface area is 142 Å². The summed E-state index contributed by atoms with van der Waals surface area (Å²) in [4.78, 5) is 18.9. The Morgan fingerprint density at radius 1 is 1.29 bits per heavy atom. The lowest BCUT2D eigenvalue weighted by atomic mass is 9.95. The molecule has 2 aliphatic rings. The number of benzene rings is 1. The van der Waals surface area contributed by atoms with Gasteiger partial charge >= 0.3 is 5.97 Å². The van der Waals surface area contributed by atoms with Gasteiger partial charge in [-0.2, -0.15) is 0 Å². The summed E-state index contributed by atoms with van der Waals surface area (Å²) in [6.07, 6.45) is 8.14. The van der Waals surface area contributed by atoms with Crippen molar-refractivity contribution in [3.8, 4) is 0 Å². The Morgan fingerprint density at radius 3 is 2.96 bits per heavy atom. The van der Waals surface area contributed by atoms with E-state index in [4.69, 9.17) is 4.98 Å². The molecule has 1 N–H and O–H groups in total. The molecule has 1 aliphatic carbocycles. The molecule has 24 heavy (non-hydrogen) atoms. The lowest BCUT2D eigenvalue weighted by molar-refractivity contribution is 0.0697. The smallest absolute Gasteiger partial charge is 0.335 e. The van der Waals surface area contributed by atoms with Gasteiger partial charge in [-0.15, -0.1) is 0 Å². The van der Waals surface area contributed by atoms with Crippen LogP contribution in [0.4, 0.5) is 5.69 Å². The first kappa shape index (κ1) is 15.4. The summed E-state index contributed by atoms with van der Waals surface area (Å²) in [7, 11) is 0. The summed E-state index contributed by atoms with van der Waals surface area (Å²) in [6, 6.07) is 5.95. The third-order valence-electron chi connectivity index (χ3n) is 5.61. The quantitative estimate of drug-likeness (QED) is 0.920. The molecule has 0 unspecified atom stereocenters. The summed E-state index contributed by atoms with van der Waals surface area (Å²) >= 11 is 0. The SMILES string of the molecule is CC[C@H]1CCCCN1c1c2c(nc3ccc(C(=O)O)cc13)CCC2. The topological polar surface area (TPSA) is 53.4 Å². The van der Waals surface area contributed by atoms with Gasteiger partial charge in [0.15, 0.2) is 0 Å². The van der Waals surface area contributed by atoms with Gasteiger partial charge in [-0.1, -0.05) is 6.92 Å². The maximum absolute atomic E-state index is 11.5. The van der Waals surface area contributed by atoms with Crippen molar-refractivity contribution in [2.45, 2.75) is 57.9 Å². The fraction of sp³-hybridized carbons (Fsp3) is 0.500. The van der Waals surface area contributed by atoms with E-state index in [1.54, 1.807) is 6.07 Å². The number of hydrogen-bond acceptors (Lipinski definition) is 3. The normalized spacial score (nSPS) is 20.4. The molecular weight excluding hydrogens is 300 g/mol. The van der Waals surface area contributed by atoms with Crippen LogP contribution in [-0.4, -0.2) is 28.6 Å². The minimum absolute atomic E-state index is 0.355. The van der Waals surface area contributed by atoms with Gasteiger partial charge in [0, 0.05) is 23.7 Å². The predicted molar refractivity (Wildman–Crippen MR) is 96.0 cm³/mol. The maximum Gasteiger partial charge on any atom is 0.335 e. The summed E-state index contributed by atoms with van der Waals surface area (Å²) in [5.74, 6) is -0.867. The average Bonchev–Trinajstić information content (AvgIpc) is 3.07. The van der Waals surface area contributed by atoms with Gasteiger partial charge in [0.2, 0.25) is 0 Å². The van der Waals surface area contributed by atoms with Crippen LogP contribution in [0.1, 0.15) is 60.6 Å². The minimum atomic E-state index is -0.867. The van der Waals surface area contributed by atoms with E-state index in [9.17, 15) is 9.90 Å². The first-order chi connectivity index (χ1) is 11.7. The molecule has 0 spiro atoms. The number of nitrogens with zero attached hydrogens (tertiary/aromatic N) is 2. The van der Waals surface area contributed by atoms with Crippen molar-refractivity contribution < 1.29 is 9.90 Å².